The molecule has 0 amide bonds. The van der Waals surface area contributed by atoms with Crippen molar-refractivity contribution in [3.05, 3.63) is 12.4 Å². The summed E-state index contributed by atoms with van der Waals surface area (Å²) >= 11 is 7.92. The van der Waals surface area contributed by atoms with E-state index in [1.807, 2.05) is 12.3 Å². The van der Waals surface area contributed by atoms with Crippen LogP contribution in [0.4, 0.5) is 5.82 Å². The van der Waals surface area contributed by atoms with Gasteiger partial charge in [0.25, 0.3) is 0 Å². The highest BCUT2D eigenvalue weighted by Gasteiger charge is 2.23. The minimum atomic E-state index is 0.224. The van der Waals surface area contributed by atoms with Crippen molar-refractivity contribution in [3.63, 3.8) is 0 Å². The van der Waals surface area contributed by atoms with Crippen LogP contribution in [0.25, 0.3) is 0 Å². The Labute approximate surface area is 105 Å². The van der Waals surface area contributed by atoms with Crippen LogP contribution in [0.1, 0.15) is 25.7 Å². The van der Waals surface area contributed by atoms with Crippen molar-refractivity contribution >= 4 is 29.2 Å². The summed E-state index contributed by atoms with van der Waals surface area (Å²) in [6, 6.07) is 2.32. The fourth-order valence-electron chi connectivity index (χ4n) is 1.97. The molecule has 1 fully saturated rings. The van der Waals surface area contributed by atoms with Crippen LogP contribution in [-0.4, -0.2) is 27.6 Å². The molecule has 1 aromatic rings. The lowest BCUT2D eigenvalue weighted by Gasteiger charge is -2.28. The average Bonchev–Trinajstić information content (AvgIpc) is 2.32. The number of aromatic nitrogens is 2. The first-order chi connectivity index (χ1) is 7.79. The van der Waals surface area contributed by atoms with Crippen LogP contribution in [0.3, 0.4) is 0 Å². The molecule has 0 spiro atoms. The zero-order valence-electron chi connectivity index (χ0n) is 9.32. The van der Waals surface area contributed by atoms with Crippen LogP contribution in [0.5, 0.6) is 0 Å². The van der Waals surface area contributed by atoms with Gasteiger partial charge in [-0.1, -0.05) is 12.8 Å². The Balaban J connectivity index is 2.01. The third-order valence-electron chi connectivity index (χ3n) is 2.87. The second-order valence-electron chi connectivity index (χ2n) is 4.00. The van der Waals surface area contributed by atoms with E-state index in [1.165, 1.54) is 12.8 Å². The Hall–Kier alpha value is -0.480. The number of halogens is 1. The van der Waals surface area contributed by atoms with Crippen molar-refractivity contribution < 1.29 is 0 Å². The van der Waals surface area contributed by atoms with Gasteiger partial charge in [0.15, 0.2) is 0 Å². The monoisotopic (exact) mass is 257 g/mol. The summed E-state index contributed by atoms with van der Waals surface area (Å²) in [5.74, 6) is 0.886. The molecule has 1 saturated carbocycles. The van der Waals surface area contributed by atoms with E-state index in [2.05, 4.69) is 15.3 Å². The molecule has 0 aliphatic heterocycles. The Kier molecular flexibility index (Phi) is 4.29. The molecule has 2 rings (SSSR count). The lowest BCUT2D eigenvalue weighted by atomic mass is 9.95. The predicted molar refractivity (Wildman–Crippen MR) is 69.3 cm³/mol. The van der Waals surface area contributed by atoms with Crippen molar-refractivity contribution in [3.8, 4) is 0 Å². The molecule has 0 bridgehead atoms. The van der Waals surface area contributed by atoms with Crippen LogP contribution >= 0.6 is 23.4 Å². The first-order valence-electron chi connectivity index (χ1n) is 5.56. The second-order valence-corrected chi connectivity index (χ2v) is 5.38. The smallest absolute Gasteiger partial charge is 0.130 e. The van der Waals surface area contributed by atoms with E-state index in [0.29, 0.717) is 6.04 Å². The van der Waals surface area contributed by atoms with Gasteiger partial charge in [-0.05, 0) is 19.1 Å². The number of hydrogen-bond acceptors (Lipinski definition) is 4. The predicted octanol–water partition coefficient (Wildman–Crippen LogP) is 3.16. The number of alkyl halides is 1. The molecule has 1 aromatic heterocycles. The third kappa shape index (κ3) is 3.01. The van der Waals surface area contributed by atoms with Gasteiger partial charge < -0.3 is 5.32 Å². The van der Waals surface area contributed by atoms with E-state index in [0.717, 1.165) is 23.7 Å². The van der Waals surface area contributed by atoms with E-state index in [-0.39, 0.29) is 5.38 Å². The number of anilines is 1. The fourth-order valence-corrected chi connectivity index (χ4v) is 2.69. The van der Waals surface area contributed by atoms with Gasteiger partial charge in [0.1, 0.15) is 17.2 Å². The number of hydrogen-bond donors (Lipinski definition) is 1. The summed E-state index contributed by atoms with van der Waals surface area (Å²) in [7, 11) is 0. The summed E-state index contributed by atoms with van der Waals surface area (Å²) in [6.07, 6.45) is 8.33. The van der Waals surface area contributed by atoms with E-state index >= 15 is 0 Å². The Morgan fingerprint density at radius 1 is 1.38 bits per heavy atom. The van der Waals surface area contributed by atoms with Crippen molar-refractivity contribution in [2.75, 3.05) is 11.6 Å². The normalized spacial score (nSPS) is 25.4. The summed E-state index contributed by atoms with van der Waals surface area (Å²) in [6.45, 7) is 0. The maximum Gasteiger partial charge on any atom is 0.130 e. The zero-order chi connectivity index (χ0) is 11.4. The first kappa shape index (κ1) is 12.0. The molecule has 3 nitrogen and oxygen atoms in total. The summed E-state index contributed by atoms with van der Waals surface area (Å²) in [4.78, 5) is 8.37. The van der Waals surface area contributed by atoms with Crippen LogP contribution in [-0.2, 0) is 0 Å². The van der Waals surface area contributed by atoms with Crippen molar-refractivity contribution in [2.24, 2.45) is 0 Å². The highest BCUT2D eigenvalue weighted by molar-refractivity contribution is 7.98. The largest absolute Gasteiger partial charge is 0.366 e. The molecular weight excluding hydrogens is 242 g/mol. The van der Waals surface area contributed by atoms with Crippen LogP contribution in [0.15, 0.2) is 17.4 Å². The second kappa shape index (κ2) is 5.73. The quantitative estimate of drug-likeness (QED) is 0.513. The lowest BCUT2D eigenvalue weighted by Crippen LogP contribution is -2.33. The number of nitrogens with zero attached hydrogens (tertiary/aromatic N) is 2. The summed E-state index contributed by atoms with van der Waals surface area (Å²) in [5, 5.41) is 4.62. The molecular formula is C11H16ClN3S. The Bertz CT molecular complexity index is 348. The fraction of sp³-hybridized carbons (Fsp3) is 0.636. The molecule has 16 heavy (non-hydrogen) atoms. The van der Waals surface area contributed by atoms with Gasteiger partial charge >= 0.3 is 0 Å². The van der Waals surface area contributed by atoms with Crippen LogP contribution in [0, 0.1) is 0 Å². The van der Waals surface area contributed by atoms with Gasteiger partial charge in [-0.25, -0.2) is 9.97 Å². The average molecular weight is 258 g/mol. The third-order valence-corrected chi connectivity index (χ3v) is 4.03. The molecule has 2 atom stereocenters. The van der Waals surface area contributed by atoms with Gasteiger partial charge in [0.2, 0.25) is 0 Å². The highest BCUT2D eigenvalue weighted by atomic mass is 35.5. The maximum absolute atomic E-state index is 6.30. The molecule has 1 aliphatic rings. The minimum absolute atomic E-state index is 0.224. The topological polar surface area (TPSA) is 37.8 Å². The van der Waals surface area contributed by atoms with Crippen LogP contribution in [0.2, 0.25) is 0 Å². The molecule has 1 aliphatic carbocycles. The molecule has 0 aromatic carbocycles. The zero-order valence-corrected chi connectivity index (χ0v) is 10.9. The highest BCUT2D eigenvalue weighted by Crippen LogP contribution is 2.26. The van der Waals surface area contributed by atoms with E-state index in [4.69, 9.17) is 11.6 Å². The van der Waals surface area contributed by atoms with Crippen LogP contribution < -0.4 is 5.32 Å². The van der Waals surface area contributed by atoms with Crippen molar-refractivity contribution in [1.82, 2.24) is 9.97 Å². The number of nitrogens with one attached hydrogen (secondary N) is 1. The standard InChI is InChI=1S/C11H16ClN3S/c1-16-11-6-10(13-7-14-11)15-9-5-3-2-4-8(9)12/h6-9H,2-5H2,1H3,(H,13,14,15). The van der Waals surface area contributed by atoms with Gasteiger partial charge in [0, 0.05) is 12.1 Å². The van der Waals surface area contributed by atoms with Gasteiger partial charge in [-0.2, -0.15) is 0 Å². The van der Waals surface area contributed by atoms with Crippen molar-refractivity contribution in [2.45, 2.75) is 42.1 Å². The lowest BCUT2D eigenvalue weighted by molar-refractivity contribution is 0.468. The summed E-state index contributed by atoms with van der Waals surface area (Å²) in [5.41, 5.74) is 0. The maximum atomic E-state index is 6.30. The molecule has 2 unspecified atom stereocenters. The molecule has 0 radical (unpaired) electrons. The van der Waals surface area contributed by atoms with Crippen molar-refractivity contribution in [1.29, 1.82) is 0 Å². The molecule has 5 heteroatoms. The molecule has 0 saturated heterocycles. The Morgan fingerprint density at radius 2 is 2.19 bits per heavy atom. The summed E-state index contributed by atoms with van der Waals surface area (Å²) < 4.78 is 0. The SMILES string of the molecule is CSc1cc(NC2CCCCC2Cl)ncn1. The number of rotatable bonds is 3. The first-order valence-corrected chi connectivity index (χ1v) is 7.22. The van der Waals surface area contributed by atoms with Gasteiger partial charge in [-0.15, -0.1) is 23.4 Å². The molecule has 1 N–H and O–H groups in total. The van der Waals surface area contributed by atoms with Gasteiger partial charge in [0.05, 0.1) is 5.38 Å². The van der Waals surface area contributed by atoms with Gasteiger partial charge in [-0.3, -0.25) is 0 Å². The molecule has 1 heterocycles. The minimum Gasteiger partial charge on any atom is -0.366 e. The Morgan fingerprint density at radius 3 is 2.94 bits per heavy atom. The molecule has 88 valence electrons. The number of thioether (sulfide) groups is 1. The van der Waals surface area contributed by atoms with E-state index < -0.39 is 0 Å². The van der Waals surface area contributed by atoms with E-state index in [1.54, 1.807) is 18.1 Å². The van der Waals surface area contributed by atoms with E-state index in [9.17, 15) is 0 Å².